The second-order valence-electron chi connectivity index (χ2n) is 17.6. The van der Waals surface area contributed by atoms with Crippen LogP contribution in [0.1, 0.15) is 49.9 Å². The van der Waals surface area contributed by atoms with Gasteiger partial charge in [-0.1, -0.05) is 167 Å². The minimum absolute atomic E-state index is 0.0963. The number of fused-ring (bicyclic) bond motifs is 9. The molecule has 0 atom stereocenters. The van der Waals surface area contributed by atoms with Gasteiger partial charge in [0.05, 0.1) is 0 Å². The average Bonchev–Trinajstić information content (AvgIpc) is 3.88. The van der Waals surface area contributed by atoms with E-state index in [0.717, 1.165) is 49.8 Å². The topological polar surface area (TPSA) is 51.8 Å². The standard InChI is InChI=1S/C57H41N3O/c1-56(2)46-21-10-8-18-41(46)44-31-37(25-28-48(44)56)53-58-54(38-26-29-49-45(32-38)42-19-9-11-22-47(42)57(49,3)4)60-55(59-53)39-24-27-43-51(33-39)61-50-23-13-20-40(52(43)50)36-17-12-16-35(30-36)34-14-6-5-7-15-34/h5-33H,1-4H3. The van der Waals surface area contributed by atoms with Gasteiger partial charge in [0.2, 0.25) is 0 Å². The van der Waals surface area contributed by atoms with Gasteiger partial charge in [-0.25, -0.2) is 15.0 Å². The molecule has 0 aliphatic heterocycles. The summed E-state index contributed by atoms with van der Waals surface area (Å²) in [5.74, 6) is 1.87. The van der Waals surface area contributed by atoms with Gasteiger partial charge in [0, 0.05) is 38.3 Å². The van der Waals surface area contributed by atoms with E-state index in [1.807, 2.05) is 0 Å². The number of rotatable bonds is 5. The van der Waals surface area contributed by atoms with Crippen LogP contribution in [-0.4, -0.2) is 15.0 Å². The lowest BCUT2D eigenvalue weighted by atomic mass is 9.82. The van der Waals surface area contributed by atoms with E-state index in [1.165, 1.54) is 55.6 Å². The van der Waals surface area contributed by atoms with Crippen molar-refractivity contribution in [1.29, 1.82) is 0 Å². The fourth-order valence-corrected chi connectivity index (χ4v) is 10.2. The minimum atomic E-state index is -0.0963. The zero-order valence-corrected chi connectivity index (χ0v) is 34.5. The molecule has 2 aliphatic carbocycles. The van der Waals surface area contributed by atoms with E-state index in [4.69, 9.17) is 19.4 Å². The summed E-state index contributed by atoms with van der Waals surface area (Å²) in [6.45, 7) is 9.23. The molecule has 0 amide bonds. The maximum absolute atomic E-state index is 6.66. The van der Waals surface area contributed by atoms with Crippen LogP contribution >= 0.6 is 0 Å². The van der Waals surface area contributed by atoms with Crippen LogP contribution in [0.4, 0.5) is 0 Å². The maximum Gasteiger partial charge on any atom is 0.164 e. The van der Waals surface area contributed by atoms with Gasteiger partial charge in [-0.3, -0.25) is 0 Å². The summed E-state index contributed by atoms with van der Waals surface area (Å²) in [6.07, 6.45) is 0. The largest absolute Gasteiger partial charge is 0.456 e. The van der Waals surface area contributed by atoms with Crippen LogP contribution in [0.5, 0.6) is 0 Å². The van der Waals surface area contributed by atoms with Crippen molar-refractivity contribution < 1.29 is 4.42 Å². The first-order valence-corrected chi connectivity index (χ1v) is 21.1. The highest BCUT2D eigenvalue weighted by Gasteiger charge is 2.37. The predicted molar refractivity (Wildman–Crippen MR) is 249 cm³/mol. The Labute approximate surface area is 355 Å². The third-order valence-corrected chi connectivity index (χ3v) is 13.4. The summed E-state index contributed by atoms with van der Waals surface area (Å²) in [4.78, 5) is 15.8. The summed E-state index contributed by atoms with van der Waals surface area (Å²) in [6, 6.07) is 62.9. The Morgan fingerprint density at radius 1 is 0.328 bits per heavy atom. The first-order valence-electron chi connectivity index (χ1n) is 21.1. The van der Waals surface area contributed by atoms with Gasteiger partial charge in [0.1, 0.15) is 11.2 Å². The number of nitrogens with zero attached hydrogens (tertiary/aromatic N) is 3. The Hall–Kier alpha value is -7.43. The number of hydrogen-bond donors (Lipinski definition) is 0. The second-order valence-corrected chi connectivity index (χ2v) is 17.6. The molecule has 4 nitrogen and oxygen atoms in total. The van der Waals surface area contributed by atoms with Gasteiger partial charge in [0.25, 0.3) is 0 Å². The van der Waals surface area contributed by atoms with Gasteiger partial charge in [-0.15, -0.1) is 0 Å². The first kappa shape index (κ1) is 35.5. The van der Waals surface area contributed by atoms with E-state index < -0.39 is 0 Å². The molecule has 0 fully saturated rings. The fourth-order valence-electron chi connectivity index (χ4n) is 10.2. The van der Waals surface area contributed by atoms with Crippen LogP contribution in [0.2, 0.25) is 0 Å². The molecule has 0 spiro atoms. The molecule has 10 aromatic rings. The molecule has 2 heterocycles. The minimum Gasteiger partial charge on any atom is -0.456 e. The number of benzene rings is 8. The summed E-state index contributed by atoms with van der Waals surface area (Å²) in [7, 11) is 0. The van der Waals surface area contributed by atoms with Crippen LogP contribution in [0, 0.1) is 0 Å². The number of hydrogen-bond acceptors (Lipinski definition) is 4. The van der Waals surface area contributed by atoms with Crippen molar-refractivity contribution in [1.82, 2.24) is 15.0 Å². The quantitative estimate of drug-likeness (QED) is 0.174. The second kappa shape index (κ2) is 13.0. The Morgan fingerprint density at radius 3 is 1.43 bits per heavy atom. The van der Waals surface area contributed by atoms with E-state index in [0.29, 0.717) is 17.5 Å². The summed E-state index contributed by atoms with van der Waals surface area (Å²) in [5.41, 5.74) is 19.2. The third kappa shape index (κ3) is 5.41. The fraction of sp³-hybridized carbons (Fsp3) is 0.105. The van der Waals surface area contributed by atoms with Gasteiger partial charge < -0.3 is 4.42 Å². The van der Waals surface area contributed by atoms with Gasteiger partial charge >= 0.3 is 0 Å². The highest BCUT2D eigenvalue weighted by Crippen LogP contribution is 2.51. The molecule has 0 N–H and O–H groups in total. The van der Waals surface area contributed by atoms with Crippen LogP contribution in [0.15, 0.2) is 180 Å². The van der Waals surface area contributed by atoms with Crippen molar-refractivity contribution >= 4 is 21.9 Å². The van der Waals surface area contributed by atoms with Gasteiger partial charge in [-0.05, 0) is 103 Å². The van der Waals surface area contributed by atoms with Crippen LogP contribution in [0.25, 0.3) is 101 Å². The molecule has 0 saturated heterocycles. The van der Waals surface area contributed by atoms with Crippen molar-refractivity contribution in [2.75, 3.05) is 0 Å². The lowest BCUT2D eigenvalue weighted by molar-refractivity contribution is 0.660. The van der Waals surface area contributed by atoms with E-state index >= 15 is 0 Å². The van der Waals surface area contributed by atoms with Crippen molar-refractivity contribution in [2.24, 2.45) is 0 Å². The maximum atomic E-state index is 6.66. The monoisotopic (exact) mass is 783 g/mol. The molecule has 2 aliphatic rings. The molecule has 2 aromatic heterocycles. The SMILES string of the molecule is CC1(C)c2ccccc2-c2cc(-c3nc(-c4ccc5c(c4)-c4ccccc4C5(C)C)nc(-c4ccc5c(c4)oc4cccc(-c6cccc(-c7ccccc7)c6)c45)n3)ccc21. The lowest BCUT2D eigenvalue weighted by Gasteiger charge is -2.21. The molecule has 0 radical (unpaired) electrons. The Kier molecular flexibility index (Phi) is 7.59. The van der Waals surface area contributed by atoms with Gasteiger partial charge in [0.15, 0.2) is 17.5 Å². The molecular formula is C57H41N3O. The van der Waals surface area contributed by atoms with E-state index in [1.54, 1.807) is 0 Å². The lowest BCUT2D eigenvalue weighted by Crippen LogP contribution is -2.14. The average molecular weight is 784 g/mol. The van der Waals surface area contributed by atoms with E-state index in [9.17, 15) is 0 Å². The molecule has 61 heavy (non-hydrogen) atoms. The molecule has 8 aromatic carbocycles. The van der Waals surface area contributed by atoms with Crippen molar-refractivity contribution in [3.63, 3.8) is 0 Å². The smallest absolute Gasteiger partial charge is 0.164 e. The highest BCUT2D eigenvalue weighted by molar-refractivity contribution is 6.13. The Balaban J connectivity index is 1.02. The summed E-state index contributed by atoms with van der Waals surface area (Å²) < 4.78 is 6.66. The third-order valence-electron chi connectivity index (χ3n) is 13.4. The molecular weight excluding hydrogens is 743 g/mol. The van der Waals surface area contributed by atoms with Gasteiger partial charge in [-0.2, -0.15) is 0 Å². The molecule has 0 unspecified atom stereocenters. The zero-order chi connectivity index (χ0) is 41.0. The number of furan rings is 1. The Bertz CT molecular complexity index is 3300. The normalized spacial score (nSPS) is 14.2. The van der Waals surface area contributed by atoms with Crippen LogP contribution in [0.3, 0.4) is 0 Å². The molecule has 290 valence electrons. The van der Waals surface area contributed by atoms with E-state index in [2.05, 4.69) is 204 Å². The molecule has 0 saturated carbocycles. The predicted octanol–water partition coefficient (Wildman–Crippen LogP) is 14.7. The first-order chi connectivity index (χ1) is 29.7. The highest BCUT2D eigenvalue weighted by atomic mass is 16.3. The zero-order valence-electron chi connectivity index (χ0n) is 34.5. The van der Waals surface area contributed by atoms with Crippen LogP contribution in [-0.2, 0) is 10.8 Å². The van der Waals surface area contributed by atoms with Crippen molar-refractivity contribution in [2.45, 2.75) is 38.5 Å². The molecule has 4 heteroatoms. The van der Waals surface area contributed by atoms with E-state index in [-0.39, 0.29) is 10.8 Å². The number of aromatic nitrogens is 3. The van der Waals surface area contributed by atoms with Crippen molar-refractivity contribution in [3.05, 3.63) is 198 Å². The molecule has 0 bridgehead atoms. The van der Waals surface area contributed by atoms with Crippen LogP contribution < -0.4 is 0 Å². The van der Waals surface area contributed by atoms with Crippen molar-refractivity contribution in [3.8, 4) is 78.7 Å². The Morgan fingerprint density at radius 2 is 0.803 bits per heavy atom. The summed E-state index contributed by atoms with van der Waals surface area (Å²) >= 11 is 0. The molecule has 12 rings (SSSR count). The summed E-state index contributed by atoms with van der Waals surface area (Å²) in [5, 5.41) is 2.14.